The van der Waals surface area contributed by atoms with Gasteiger partial charge in [0.25, 0.3) is 0 Å². The Morgan fingerprint density at radius 1 is 1.43 bits per heavy atom. The molecule has 3 heteroatoms. The first-order valence-electron chi connectivity index (χ1n) is 5.14. The lowest BCUT2D eigenvalue weighted by Gasteiger charge is -2.24. The van der Waals surface area contributed by atoms with E-state index in [1.165, 1.54) is 0 Å². The zero-order chi connectivity index (χ0) is 10.6. The van der Waals surface area contributed by atoms with Gasteiger partial charge in [0, 0.05) is 11.6 Å². The Morgan fingerprint density at radius 2 is 2.07 bits per heavy atom. The number of nitrogens with one attached hydrogen (secondary N) is 1. The molecule has 0 fully saturated rings. The monoisotopic (exact) mass is 215 g/mol. The van der Waals surface area contributed by atoms with Gasteiger partial charge in [-0.3, -0.25) is 0 Å². The number of furan rings is 1. The Hall–Kier alpha value is -0.470. The lowest BCUT2D eigenvalue weighted by Crippen LogP contribution is -2.24. The van der Waals surface area contributed by atoms with Crippen LogP contribution in [0, 0.1) is 5.92 Å². The Bertz CT molecular complexity index is 268. The Morgan fingerprint density at radius 3 is 2.43 bits per heavy atom. The smallest absolute Gasteiger partial charge is 0.197 e. The van der Waals surface area contributed by atoms with Crippen molar-refractivity contribution in [3.63, 3.8) is 0 Å². The molecule has 1 heterocycles. The third kappa shape index (κ3) is 2.31. The highest BCUT2D eigenvalue weighted by Crippen LogP contribution is 2.32. The molecule has 1 N–H and O–H groups in total. The normalized spacial score (nSPS) is 13.5. The van der Waals surface area contributed by atoms with Crippen molar-refractivity contribution in [3.8, 4) is 0 Å². The second kappa shape index (κ2) is 5.42. The molecule has 0 saturated carbocycles. The van der Waals surface area contributed by atoms with Crippen LogP contribution in [0.25, 0.3) is 0 Å². The Labute approximate surface area is 90.6 Å². The molecule has 0 saturated heterocycles. The second-order valence-electron chi connectivity index (χ2n) is 3.49. The zero-order valence-electron chi connectivity index (χ0n) is 9.01. The first kappa shape index (κ1) is 11.6. The van der Waals surface area contributed by atoms with Gasteiger partial charge < -0.3 is 9.73 Å². The summed E-state index contributed by atoms with van der Waals surface area (Å²) < 4.78 is 5.11. The lowest BCUT2D eigenvalue weighted by molar-refractivity contribution is 0.357. The van der Waals surface area contributed by atoms with E-state index in [2.05, 4.69) is 19.2 Å². The zero-order valence-corrected chi connectivity index (χ0v) is 9.77. The third-order valence-electron chi connectivity index (χ3n) is 2.81. The summed E-state index contributed by atoms with van der Waals surface area (Å²) in [4.78, 5) is 0. The number of hydrogen-bond donors (Lipinski definition) is 1. The fourth-order valence-electron chi connectivity index (χ4n) is 1.93. The molecule has 0 aliphatic heterocycles. The van der Waals surface area contributed by atoms with E-state index < -0.39 is 0 Å². The molecular weight excluding hydrogens is 198 g/mol. The topological polar surface area (TPSA) is 25.2 Å². The van der Waals surface area contributed by atoms with Crippen molar-refractivity contribution >= 4 is 11.6 Å². The van der Waals surface area contributed by atoms with Crippen LogP contribution in [0.4, 0.5) is 0 Å². The molecule has 1 rings (SSSR count). The van der Waals surface area contributed by atoms with Crippen molar-refractivity contribution in [1.82, 2.24) is 5.32 Å². The Kier molecular flexibility index (Phi) is 4.49. The van der Waals surface area contributed by atoms with Gasteiger partial charge >= 0.3 is 0 Å². The van der Waals surface area contributed by atoms with Crippen molar-refractivity contribution in [2.45, 2.75) is 32.7 Å². The highest BCUT2D eigenvalue weighted by Gasteiger charge is 2.22. The number of halogens is 1. The maximum Gasteiger partial charge on any atom is 0.197 e. The first-order valence-corrected chi connectivity index (χ1v) is 5.52. The molecule has 0 bridgehead atoms. The van der Waals surface area contributed by atoms with Crippen LogP contribution in [-0.2, 0) is 0 Å². The van der Waals surface area contributed by atoms with Gasteiger partial charge in [0.15, 0.2) is 5.22 Å². The van der Waals surface area contributed by atoms with Crippen LogP contribution >= 0.6 is 11.6 Å². The first-order chi connectivity index (χ1) is 6.74. The molecule has 0 aromatic carbocycles. The van der Waals surface area contributed by atoms with E-state index in [1.54, 1.807) is 6.26 Å². The molecule has 1 aromatic heterocycles. The standard InChI is InChI=1S/C11H18ClNO/c1-4-8(5-2)10(13-3)9-6-7-14-11(9)12/h6-8,10,13H,4-5H2,1-3H3. The summed E-state index contributed by atoms with van der Waals surface area (Å²) in [6, 6.07) is 2.25. The predicted molar refractivity (Wildman–Crippen MR) is 59.6 cm³/mol. The summed E-state index contributed by atoms with van der Waals surface area (Å²) >= 11 is 5.96. The van der Waals surface area contributed by atoms with E-state index in [4.69, 9.17) is 16.0 Å². The van der Waals surface area contributed by atoms with E-state index in [-0.39, 0.29) is 0 Å². The number of rotatable bonds is 5. The summed E-state index contributed by atoms with van der Waals surface area (Å²) in [6.45, 7) is 4.40. The number of hydrogen-bond acceptors (Lipinski definition) is 2. The largest absolute Gasteiger partial charge is 0.453 e. The molecule has 1 atom stereocenters. The fraction of sp³-hybridized carbons (Fsp3) is 0.636. The minimum absolute atomic E-state index is 0.302. The minimum Gasteiger partial charge on any atom is -0.453 e. The average molecular weight is 216 g/mol. The van der Waals surface area contributed by atoms with Crippen LogP contribution in [0.5, 0.6) is 0 Å². The van der Waals surface area contributed by atoms with E-state index in [1.807, 2.05) is 13.1 Å². The average Bonchev–Trinajstić information content (AvgIpc) is 2.61. The second-order valence-corrected chi connectivity index (χ2v) is 3.84. The van der Waals surface area contributed by atoms with Crippen molar-refractivity contribution in [2.75, 3.05) is 7.05 Å². The molecule has 2 nitrogen and oxygen atoms in total. The van der Waals surface area contributed by atoms with Gasteiger partial charge in [-0.25, -0.2) is 0 Å². The van der Waals surface area contributed by atoms with Crippen LogP contribution < -0.4 is 5.32 Å². The van der Waals surface area contributed by atoms with Crippen LogP contribution in [0.3, 0.4) is 0 Å². The molecule has 0 spiro atoms. The predicted octanol–water partition coefficient (Wildman–Crippen LogP) is 3.63. The summed E-state index contributed by atoms with van der Waals surface area (Å²) in [5.74, 6) is 0.607. The van der Waals surface area contributed by atoms with Gasteiger partial charge in [-0.2, -0.15) is 0 Å². The molecule has 0 amide bonds. The van der Waals surface area contributed by atoms with E-state index in [0.29, 0.717) is 17.2 Å². The lowest BCUT2D eigenvalue weighted by atomic mass is 9.90. The highest BCUT2D eigenvalue weighted by molar-refractivity contribution is 6.29. The molecule has 0 aliphatic carbocycles. The molecule has 14 heavy (non-hydrogen) atoms. The summed E-state index contributed by atoms with van der Waals surface area (Å²) in [6.07, 6.45) is 3.93. The van der Waals surface area contributed by atoms with Gasteiger partial charge in [0.1, 0.15) is 0 Å². The third-order valence-corrected chi connectivity index (χ3v) is 3.12. The molecule has 0 aliphatic rings. The molecule has 0 radical (unpaired) electrons. The SMILES string of the molecule is CCC(CC)C(NC)c1ccoc1Cl. The van der Waals surface area contributed by atoms with Gasteiger partial charge in [0.05, 0.1) is 6.26 Å². The Balaban J connectivity index is 2.86. The maximum absolute atomic E-state index is 5.96. The minimum atomic E-state index is 0.302. The van der Waals surface area contributed by atoms with E-state index in [0.717, 1.165) is 18.4 Å². The molecule has 80 valence electrons. The van der Waals surface area contributed by atoms with Crippen LogP contribution in [0.1, 0.15) is 38.3 Å². The van der Waals surface area contributed by atoms with Gasteiger partial charge in [-0.05, 0) is 30.6 Å². The van der Waals surface area contributed by atoms with E-state index in [9.17, 15) is 0 Å². The van der Waals surface area contributed by atoms with Crippen LogP contribution in [-0.4, -0.2) is 7.05 Å². The fourth-order valence-corrected chi connectivity index (χ4v) is 2.16. The van der Waals surface area contributed by atoms with Gasteiger partial charge in [-0.15, -0.1) is 0 Å². The van der Waals surface area contributed by atoms with E-state index >= 15 is 0 Å². The van der Waals surface area contributed by atoms with Crippen LogP contribution in [0.2, 0.25) is 5.22 Å². The summed E-state index contributed by atoms with van der Waals surface area (Å²) in [5.41, 5.74) is 1.07. The van der Waals surface area contributed by atoms with Crippen LogP contribution in [0.15, 0.2) is 16.7 Å². The maximum atomic E-state index is 5.96. The molecule has 1 aromatic rings. The van der Waals surface area contributed by atoms with Crippen molar-refractivity contribution < 1.29 is 4.42 Å². The summed E-state index contributed by atoms with van der Waals surface area (Å²) in [5, 5.41) is 3.81. The van der Waals surface area contributed by atoms with Crippen molar-refractivity contribution in [1.29, 1.82) is 0 Å². The summed E-state index contributed by atoms with van der Waals surface area (Å²) in [7, 11) is 1.96. The quantitative estimate of drug-likeness (QED) is 0.812. The highest BCUT2D eigenvalue weighted by atomic mass is 35.5. The van der Waals surface area contributed by atoms with Gasteiger partial charge in [0.2, 0.25) is 0 Å². The van der Waals surface area contributed by atoms with Crippen molar-refractivity contribution in [3.05, 3.63) is 23.1 Å². The van der Waals surface area contributed by atoms with Crippen molar-refractivity contribution in [2.24, 2.45) is 5.92 Å². The molecular formula is C11H18ClNO. The molecule has 1 unspecified atom stereocenters. The van der Waals surface area contributed by atoms with Gasteiger partial charge in [-0.1, -0.05) is 26.7 Å².